The number of carbonyl (C=O) groups excluding carboxylic acids is 1. The van der Waals surface area contributed by atoms with E-state index >= 15 is 0 Å². The summed E-state index contributed by atoms with van der Waals surface area (Å²) in [7, 11) is 0. The smallest absolute Gasteiger partial charge is 0.282 e. The van der Waals surface area contributed by atoms with Crippen molar-refractivity contribution in [1.29, 1.82) is 0 Å². The van der Waals surface area contributed by atoms with Gasteiger partial charge in [-0.1, -0.05) is 17.7 Å². The lowest BCUT2D eigenvalue weighted by molar-refractivity contribution is -0.385. The van der Waals surface area contributed by atoms with E-state index in [0.717, 1.165) is 11.1 Å². The molecule has 21 heavy (non-hydrogen) atoms. The zero-order valence-corrected chi connectivity index (χ0v) is 12.1. The number of hydrogen-bond acceptors (Lipinski definition) is 4. The average molecular weight is 306 g/mol. The summed E-state index contributed by atoms with van der Waals surface area (Å²) in [6.07, 6.45) is 1.56. The Morgan fingerprint density at radius 2 is 2.00 bits per heavy atom. The van der Waals surface area contributed by atoms with Gasteiger partial charge in [0.25, 0.3) is 11.6 Å². The molecular formula is C14H12ClN3O3. The van der Waals surface area contributed by atoms with Crippen LogP contribution in [0.1, 0.15) is 21.5 Å². The highest BCUT2D eigenvalue weighted by atomic mass is 35.5. The third kappa shape index (κ3) is 3.35. The summed E-state index contributed by atoms with van der Waals surface area (Å²) >= 11 is 5.90. The van der Waals surface area contributed by atoms with E-state index in [2.05, 4.69) is 10.3 Å². The number of nitro benzene ring substituents is 1. The van der Waals surface area contributed by atoms with Crippen LogP contribution in [0.15, 0.2) is 30.5 Å². The van der Waals surface area contributed by atoms with Gasteiger partial charge in [0.15, 0.2) is 5.15 Å². The molecule has 1 heterocycles. The molecule has 0 radical (unpaired) electrons. The molecule has 0 aliphatic carbocycles. The standard InChI is InChI=1S/C14H12ClN3O3/c1-8-3-4-12(18(20)21)10(5-8)14(19)17-11-6-9(2)7-16-13(11)15/h3-7H,1-2H3,(H,17,19). The normalized spacial score (nSPS) is 10.2. The number of rotatable bonds is 3. The number of pyridine rings is 1. The van der Waals surface area contributed by atoms with Crippen LogP contribution in [0, 0.1) is 24.0 Å². The molecule has 0 aliphatic rings. The van der Waals surface area contributed by atoms with E-state index in [1.807, 2.05) is 0 Å². The molecule has 0 atom stereocenters. The van der Waals surface area contributed by atoms with Crippen molar-refractivity contribution in [1.82, 2.24) is 4.98 Å². The Hall–Kier alpha value is -2.47. The van der Waals surface area contributed by atoms with E-state index in [1.165, 1.54) is 12.1 Å². The van der Waals surface area contributed by atoms with Crippen molar-refractivity contribution in [3.8, 4) is 0 Å². The van der Waals surface area contributed by atoms with Gasteiger partial charge in [-0.05, 0) is 37.1 Å². The number of hydrogen-bond donors (Lipinski definition) is 1. The third-order valence-corrected chi connectivity index (χ3v) is 3.12. The summed E-state index contributed by atoms with van der Waals surface area (Å²) in [6, 6.07) is 6.00. The Morgan fingerprint density at radius 1 is 1.29 bits per heavy atom. The number of nitrogens with one attached hydrogen (secondary N) is 1. The second-order valence-corrected chi connectivity index (χ2v) is 4.94. The average Bonchev–Trinajstić information content (AvgIpc) is 2.42. The minimum Gasteiger partial charge on any atom is -0.319 e. The molecule has 7 heteroatoms. The van der Waals surface area contributed by atoms with Gasteiger partial charge in [0.05, 0.1) is 10.6 Å². The first kappa shape index (κ1) is 14.9. The van der Waals surface area contributed by atoms with Gasteiger partial charge in [-0.25, -0.2) is 4.98 Å². The molecule has 6 nitrogen and oxygen atoms in total. The van der Waals surface area contributed by atoms with Gasteiger partial charge in [0.2, 0.25) is 0 Å². The summed E-state index contributed by atoms with van der Waals surface area (Å²) in [5.74, 6) is -0.597. The highest BCUT2D eigenvalue weighted by Gasteiger charge is 2.21. The molecule has 0 aliphatic heterocycles. The quantitative estimate of drug-likeness (QED) is 0.534. The summed E-state index contributed by atoms with van der Waals surface area (Å²) in [5, 5.41) is 13.7. The van der Waals surface area contributed by atoms with Crippen LogP contribution in [0.25, 0.3) is 0 Å². The van der Waals surface area contributed by atoms with Crippen molar-refractivity contribution >= 4 is 28.9 Å². The van der Waals surface area contributed by atoms with Crippen LogP contribution in [-0.2, 0) is 0 Å². The van der Waals surface area contributed by atoms with Gasteiger partial charge >= 0.3 is 0 Å². The zero-order chi connectivity index (χ0) is 15.6. The molecule has 0 unspecified atom stereocenters. The minimum atomic E-state index is -0.597. The maximum Gasteiger partial charge on any atom is 0.282 e. The lowest BCUT2D eigenvalue weighted by Gasteiger charge is -2.08. The van der Waals surface area contributed by atoms with Crippen molar-refractivity contribution in [2.45, 2.75) is 13.8 Å². The zero-order valence-electron chi connectivity index (χ0n) is 11.4. The van der Waals surface area contributed by atoms with Gasteiger partial charge in [0, 0.05) is 12.3 Å². The molecular weight excluding hydrogens is 294 g/mol. The molecule has 1 N–H and O–H groups in total. The molecule has 0 bridgehead atoms. The van der Waals surface area contributed by atoms with E-state index < -0.39 is 10.8 Å². The SMILES string of the molecule is Cc1cnc(Cl)c(NC(=O)c2cc(C)ccc2[N+](=O)[O-])c1. The fourth-order valence-electron chi connectivity index (χ4n) is 1.82. The van der Waals surface area contributed by atoms with Crippen molar-refractivity contribution < 1.29 is 9.72 Å². The van der Waals surface area contributed by atoms with Crippen LogP contribution < -0.4 is 5.32 Å². The summed E-state index contributed by atoms with van der Waals surface area (Å²) in [5.41, 5.74) is 1.61. The number of anilines is 1. The van der Waals surface area contributed by atoms with Gasteiger partial charge < -0.3 is 5.32 Å². The van der Waals surface area contributed by atoms with Crippen molar-refractivity contribution in [3.05, 3.63) is 62.4 Å². The topological polar surface area (TPSA) is 85.1 Å². The Labute approximate surface area is 125 Å². The van der Waals surface area contributed by atoms with Gasteiger partial charge in [-0.3, -0.25) is 14.9 Å². The van der Waals surface area contributed by atoms with E-state index in [-0.39, 0.29) is 16.4 Å². The number of nitro groups is 1. The lowest BCUT2D eigenvalue weighted by atomic mass is 10.1. The van der Waals surface area contributed by atoms with Crippen LogP contribution in [0.5, 0.6) is 0 Å². The number of halogens is 1. The highest BCUT2D eigenvalue weighted by molar-refractivity contribution is 6.32. The van der Waals surface area contributed by atoms with Crippen molar-refractivity contribution in [2.75, 3.05) is 5.32 Å². The number of nitrogens with zero attached hydrogens (tertiary/aromatic N) is 2. The first-order chi connectivity index (χ1) is 9.88. The maximum atomic E-state index is 12.3. The van der Waals surface area contributed by atoms with E-state index in [0.29, 0.717) is 5.69 Å². The Bertz CT molecular complexity index is 731. The van der Waals surface area contributed by atoms with Crippen LogP contribution in [0.4, 0.5) is 11.4 Å². The molecule has 0 saturated carbocycles. The molecule has 0 spiro atoms. The monoisotopic (exact) mass is 305 g/mol. The van der Waals surface area contributed by atoms with Gasteiger partial charge in [-0.15, -0.1) is 0 Å². The molecule has 1 aromatic heterocycles. The van der Waals surface area contributed by atoms with Crippen LogP contribution in [-0.4, -0.2) is 15.8 Å². The van der Waals surface area contributed by atoms with E-state index in [4.69, 9.17) is 11.6 Å². The van der Waals surface area contributed by atoms with E-state index in [9.17, 15) is 14.9 Å². The number of carbonyl (C=O) groups is 1. The fraction of sp³-hybridized carbons (Fsp3) is 0.143. The number of benzene rings is 1. The molecule has 2 rings (SSSR count). The van der Waals surface area contributed by atoms with Gasteiger partial charge in [0.1, 0.15) is 5.56 Å². The Kier molecular flexibility index (Phi) is 4.18. The summed E-state index contributed by atoms with van der Waals surface area (Å²) < 4.78 is 0. The highest BCUT2D eigenvalue weighted by Crippen LogP contribution is 2.24. The molecule has 0 saturated heterocycles. The third-order valence-electron chi connectivity index (χ3n) is 2.82. The second-order valence-electron chi connectivity index (χ2n) is 4.58. The number of amides is 1. The predicted octanol–water partition coefficient (Wildman–Crippen LogP) is 3.51. The first-order valence-electron chi connectivity index (χ1n) is 6.07. The van der Waals surface area contributed by atoms with Crippen molar-refractivity contribution in [2.24, 2.45) is 0 Å². The molecule has 1 aromatic carbocycles. The van der Waals surface area contributed by atoms with Crippen LogP contribution in [0.2, 0.25) is 5.15 Å². The fourth-order valence-corrected chi connectivity index (χ4v) is 1.97. The summed E-state index contributed by atoms with van der Waals surface area (Å²) in [4.78, 5) is 26.6. The maximum absolute atomic E-state index is 12.3. The number of aryl methyl sites for hydroxylation is 2. The second kappa shape index (κ2) is 5.88. The van der Waals surface area contributed by atoms with Gasteiger partial charge in [-0.2, -0.15) is 0 Å². The molecule has 1 amide bonds. The van der Waals surface area contributed by atoms with E-state index in [1.54, 1.807) is 32.2 Å². The summed E-state index contributed by atoms with van der Waals surface area (Å²) in [6.45, 7) is 3.55. The Morgan fingerprint density at radius 3 is 2.67 bits per heavy atom. The first-order valence-corrected chi connectivity index (χ1v) is 6.45. The minimum absolute atomic E-state index is 0.0161. The van der Waals surface area contributed by atoms with Crippen LogP contribution >= 0.6 is 11.6 Å². The molecule has 108 valence electrons. The lowest BCUT2D eigenvalue weighted by Crippen LogP contribution is -2.15. The predicted molar refractivity (Wildman–Crippen MR) is 79.8 cm³/mol. The van der Waals surface area contributed by atoms with Crippen LogP contribution in [0.3, 0.4) is 0 Å². The number of aromatic nitrogens is 1. The Balaban J connectivity index is 2.39. The molecule has 2 aromatic rings. The van der Waals surface area contributed by atoms with Crippen molar-refractivity contribution in [3.63, 3.8) is 0 Å². The largest absolute Gasteiger partial charge is 0.319 e. The molecule has 0 fully saturated rings.